The topological polar surface area (TPSA) is 209 Å². The van der Waals surface area contributed by atoms with Crippen LogP contribution in [0, 0.1) is 16.7 Å². The lowest BCUT2D eigenvalue weighted by molar-refractivity contribution is -0.153. The molecule has 2 atom stereocenters. The predicted octanol–water partition coefficient (Wildman–Crippen LogP) is 0.402. The average Bonchev–Trinajstić information content (AvgIpc) is 3.35. The van der Waals surface area contributed by atoms with Crippen molar-refractivity contribution in [1.29, 1.82) is 0 Å². The van der Waals surface area contributed by atoms with Crippen molar-refractivity contribution in [2.24, 2.45) is 16.7 Å². The van der Waals surface area contributed by atoms with Crippen LogP contribution in [-0.4, -0.2) is 104 Å². The van der Waals surface area contributed by atoms with Crippen molar-refractivity contribution in [2.45, 2.75) is 79.7 Å². The molecular weight excluding hydrogens is 660 g/mol. The van der Waals surface area contributed by atoms with Crippen LogP contribution >= 0.6 is 0 Å². The Hall–Kier alpha value is -4.82. The van der Waals surface area contributed by atoms with Crippen LogP contribution < -0.4 is 26.6 Å². The highest BCUT2D eigenvalue weighted by atomic mass is 16.5. The molecule has 0 spiro atoms. The number of Topliss-reactive ketones (excluding diaryl/α,β-unsaturated/α-hetero) is 1. The Balaban J connectivity index is 1.70. The van der Waals surface area contributed by atoms with Crippen LogP contribution in [0.5, 0.6) is 0 Å². The summed E-state index contributed by atoms with van der Waals surface area (Å²) in [6.45, 7) is 10.2. The van der Waals surface area contributed by atoms with Crippen molar-refractivity contribution >= 4 is 47.2 Å². The number of hydrogen-bond acceptors (Lipinski definition) is 9. The summed E-state index contributed by atoms with van der Waals surface area (Å²) < 4.78 is 5.09. The number of esters is 1. The van der Waals surface area contributed by atoms with Gasteiger partial charge in [-0.25, -0.2) is 0 Å². The number of likely N-dealkylation sites (tertiary alicyclic amines) is 1. The van der Waals surface area contributed by atoms with E-state index in [-0.39, 0.29) is 63.2 Å². The van der Waals surface area contributed by atoms with Gasteiger partial charge in [0.05, 0.1) is 38.1 Å². The summed E-state index contributed by atoms with van der Waals surface area (Å²) in [5.41, 5.74) is -0.340. The molecule has 0 aliphatic carbocycles. The Morgan fingerprint density at radius 3 is 2.02 bits per heavy atom. The molecular formula is C36H54N6O9. The second kappa shape index (κ2) is 20.1. The standard InChI is InChI=1S/C36H54N6O9/c1-35(2,3)31-26(43)23-42(33(31)49)17-12-8-11-15-27(44)38-20-29(46)39-22-30(47)41-25(19-24-13-9-7-10-14-24)32(48)40-21-28(45)37-16-18-51-34(50)36(4,5)6/h7,9-10,13-14,25,31H,8,11-12,15-23H2,1-6H3,(H,37,45)(H,38,44)(H,39,46)(H,40,48)(H,41,47)/t25-,31?/m1/s1. The largest absolute Gasteiger partial charge is 0.463 e. The van der Waals surface area contributed by atoms with Gasteiger partial charge in [0, 0.05) is 19.4 Å². The zero-order valence-corrected chi connectivity index (χ0v) is 30.6. The van der Waals surface area contributed by atoms with Gasteiger partial charge in [-0.1, -0.05) is 57.5 Å². The van der Waals surface area contributed by atoms with Crippen molar-refractivity contribution in [1.82, 2.24) is 31.5 Å². The van der Waals surface area contributed by atoms with Gasteiger partial charge in [-0.05, 0) is 44.6 Å². The Bertz CT molecular complexity index is 1400. The highest BCUT2D eigenvalue weighted by Crippen LogP contribution is 2.32. The molecule has 6 amide bonds. The van der Waals surface area contributed by atoms with Crippen molar-refractivity contribution < 1.29 is 43.1 Å². The number of ether oxygens (including phenoxy) is 1. The molecule has 0 saturated carbocycles. The SMILES string of the molecule is CC(C)(C)C(=O)OCCNC(=O)CNC(=O)[C@@H](Cc1ccccc1)NC(=O)CNC(=O)CNC(=O)CCCCCN1CC(=O)C(C(C)(C)C)C1=O. The monoisotopic (exact) mass is 714 g/mol. The van der Waals surface area contributed by atoms with Crippen molar-refractivity contribution in [2.75, 3.05) is 45.9 Å². The summed E-state index contributed by atoms with van der Waals surface area (Å²) in [6, 6.07) is 7.87. The van der Waals surface area contributed by atoms with Crippen molar-refractivity contribution in [3.05, 3.63) is 35.9 Å². The minimum Gasteiger partial charge on any atom is -0.463 e. The molecule has 1 fully saturated rings. The zero-order chi connectivity index (χ0) is 38.2. The molecule has 0 aromatic heterocycles. The number of rotatable bonds is 19. The second-order valence-corrected chi connectivity index (χ2v) is 14.7. The minimum absolute atomic E-state index is 0.0236. The predicted molar refractivity (Wildman–Crippen MR) is 188 cm³/mol. The van der Waals surface area contributed by atoms with Crippen LogP contribution in [0.2, 0.25) is 0 Å². The highest BCUT2D eigenvalue weighted by Gasteiger charge is 2.45. The maximum Gasteiger partial charge on any atom is 0.311 e. The molecule has 0 radical (unpaired) electrons. The molecule has 1 unspecified atom stereocenters. The summed E-state index contributed by atoms with van der Waals surface area (Å²) in [5.74, 6) is -3.95. The number of unbranched alkanes of at least 4 members (excludes halogenated alkanes) is 2. The fourth-order valence-electron chi connectivity index (χ4n) is 5.20. The fraction of sp³-hybridized carbons (Fsp3) is 0.611. The lowest BCUT2D eigenvalue weighted by Gasteiger charge is -2.24. The summed E-state index contributed by atoms with van der Waals surface area (Å²) in [4.78, 5) is 101. The lowest BCUT2D eigenvalue weighted by atomic mass is 9.79. The molecule has 0 bridgehead atoms. The molecule has 2 rings (SSSR count). The number of hydrogen-bond donors (Lipinski definition) is 5. The van der Waals surface area contributed by atoms with Crippen molar-refractivity contribution in [3.8, 4) is 0 Å². The van der Waals surface area contributed by atoms with Gasteiger partial charge in [0.15, 0.2) is 5.78 Å². The molecule has 1 aromatic rings. The first-order chi connectivity index (χ1) is 23.9. The molecule has 15 nitrogen and oxygen atoms in total. The smallest absolute Gasteiger partial charge is 0.311 e. The van der Waals surface area contributed by atoms with Gasteiger partial charge in [-0.3, -0.25) is 38.4 Å². The Kier molecular flexibility index (Phi) is 16.7. The first kappa shape index (κ1) is 42.3. The third-order valence-electron chi connectivity index (χ3n) is 7.94. The summed E-state index contributed by atoms with van der Waals surface area (Å²) >= 11 is 0. The van der Waals surface area contributed by atoms with E-state index in [4.69, 9.17) is 4.74 Å². The molecule has 1 aliphatic rings. The molecule has 1 saturated heterocycles. The maximum atomic E-state index is 13.0. The molecule has 5 N–H and O–H groups in total. The van der Waals surface area contributed by atoms with E-state index in [1.54, 1.807) is 56.0 Å². The average molecular weight is 715 g/mol. The number of amides is 6. The van der Waals surface area contributed by atoms with Crippen LogP contribution in [0.3, 0.4) is 0 Å². The maximum absolute atomic E-state index is 13.0. The molecule has 282 valence electrons. The third-order valence-corrected chi connectivity index (χ3v) is 7.94. The van der Waals surface area contributed by atoms with Gasteiger partial charge in [-0.15, -0.1) is 0 Å². The Labute approximate surface area is 299 Å². The first-order valence-electron chi connectivity index (χ1n) is 17.3. The van der Waals surface area contributed by atoms with Gasteiger partial charge in [0.2, 0.25) is 35.4 Å². The van der Waals surface area contributed by atoms with Crippen LogP contribution in [0.1, 0.15) is 72.8 Å². The van der Waals surface area contributed by atoms with E-state index in [9.17, 15) is 38.4 Å². The van der Waals surface area contributed by atoms with E-state index in [0.717, 1.165) is 5.56 Å². The lowest BCUT2D eigenvalue weighted by Crippen LogP contribution is -2.52. The molecule has 1 aromatic carbocycles. The summed E-state index contributed by atoms with van der Waals surface area (Å²) in [7, 11) is 0. The van der Waals surface area contributed by atoms with Gasteiger partial charge in [-0.2, -0.15) is 0 Å². The van der Waals surface area contributed by atoms with Gasteiger partial charge in [0.25, 0.3) is 0 Å². The van der Waals surface area contributed by atoms with Crippen LogP contribution in [0.4, 0.5) is 0 Å². The number of carbonyl (C=O) groups excluding carboxylic acids is 8. The second-order valence-electron chi connectivity index (χ2n) is 14.7. The Morgan fingerprint density at radius 2 is 1.39 bits per heavy atom. The van der Waals surface area contributed by atoms with Crippen LogP contribution in [0.25, 0.3) is 0 Å². The van der Waals surface area contributed by atoms with E-state index >= 15 is 0 Å². The van der Waals surface area contributed by atoms with Gasteiger partial charge >= 0.3 is 5.97 Å². The number of carbonyl (C=O) groups is 8. The van der Waals surface area contributed by atoms with Gasteiger partial charge in [0.1, 0.15) is 18.6 Å². The molecule has 1 heterocycles. The van der Waals surface area contributed by atoms with Gasteiger partial charge < -0.3 is 36.2 Å². The quantitative estimate of drug-likeness (QED) is 0.0762. The molecule has 1 aliphatic heterocycles. The number of ketones is 1. The number of nitrogens with one attached hydrogen (secondary N) is 5. The van der Waals surface area contributed by atoms with E-state index in [1.165, 1.54) is 0 Å². The molecule has 15 heteroatoms. The Morgan fingerprint density at radius 1 is 0.784 bits per heavy atom. The van der Waals surface area contributed by atoms with Crippen LogP contribution in [-0.2, 0) is 49.5 Å². The van der Waals surface area contributed by atoms with E-state index in [1.807, 2.05) is 20.8 Å². The molecule has 51 heavy (non-hydrogen) atoms. The summed E-state index contributed by atoms with van der Waals surface area (Å²) in [5, 5.41) is 12.5. The number of benzene rings is 1. The van der Waals surface area contributed by atoms with Crippen molar-refractivity contribution in [3.63, 3.8) is 0 Å². The van der Waals surface area contributed by atoms with Crippen LogP contribution in [0.15, 0.2) is 30.3 Å². The fourth-order valence-corrected chi connectivity index (χ4v) is 5.20. The zero-order valence-electron chi connectivity index (χ0n) is 30.6. The van der Waals surface area contributed by atoms with E-state index < -0.39 is 58.9 Å². The highest BCUT2D eigenvalue weighted by molar-refractivity contribution is 6.09. The summed E-state index contributed by atoms with van der Waals surface area (Å²) in [6.07, 6.45) is 2.13. The third kappa shape index (κ3) is 15.7. The minimum atomic E-state index is -1.05. The van der Waals surface area contributed by atoms with E-state index in [2.05, 4.69) is 26.6 Å². The normalized spacial score (nSPS) is 15.1. The number of nitrogens with zero attached hydrogens (tertiary/aromatic N) is 1. The first-order valence-corrected chi connectivity index (χ1v) is 17.3. The van der Waals surface area contributed by atoms with E-state index in [0.29, 0.717) is 25.8 Å².